The molecular formula is C24H23N3O2S2. The molecule has 31 heavy (non-hydrogen) atoms. The molecule has 0 aliphatic carbocycles. The first-order valence-corrected chi connectivity index (χ1v) is 12.4. The van der Waals surface area contributed by atoms with Crippen molar-refractivity contribution in [2.75, 3.05) is 17.2 Å². The van der Waals surface area contributed by atoms with Crippen LogP contribution in [0.5, 0.6) is 0 Å². The third-order valence-corrected chi connectivity index (χ3v) is 7.77. The van der Waals surface area contributed by atoms with Crippen LogP contribution < -0.4 is 10.5 Å². The lowest BCUT2D eigenvalue weighted by molar-refractivity contribution is -0.116. The third-order valence-electron chi connectivity index (χ3n) is 5.63. The van der Waals surface area contributed by atoms with Gasteiger partial charge in [-0.2, -0.15) is 0 Å². The maximum Gasteiger partial charge on any atom is 0.272 e. The molecule has 158 valence electrons. The van der Waals surface area contributed by atoms with Crippen molar-refractivity contribution >= 4 is 35.1 Å². The molecule has 0 saturated carbocycles. The lowest BCUT2D eigenvalue weighted by Crippen LogP contribution is -2.36. The summed E-state index contributed by atoms with van der Waals surface area (Å²) >= 11 is 2.95. The molecule has 2 aromatic carbocycles. The number of amides is 1. The number of anilines is 1. The first kappa shape index (κ1) is 20.4. The van der Waals surface area contributed by atoms with Gasteiger partial charge in [0.2, 0.25) is 5.91 Å². The third kappa shape index (κ3) is 3.92. The van der Waals surface area contributed by atoms with Crippen molar-refractivity contribution in [3.05, 3.63) is 76.2 Å². The first-order valence-electron chi connectivity index (χ1n) is 10.5. The molecule has 0 unspecified atom stereocenters. The van der Waals surface area contributed by atoms with E-state index in [9.17, 15) is 9.59 Å². The summed E-state index contributed by atoms with van der Waals surface area (Å²) in [6, 6.07) is 17.7. The minimum atomic E-state index is -0.0381. The van der Waals surface area contributed by atoms with Crippen molar-refractivity contribution in [2.24, 2.45) is 0 Å². The van der Waals surface area contributed by atoms with Gasteiger partial charge in [-0.25, -0.2) is 4.98 Å². The molecule has 5 rings (SSSR count). The van der Waals surface area contributed by atoms with Crippen molar-refractivity contribution in [3.63, 3.8) is 0 Å². The quantitative estimate of drug-likeness (QED) is 0.438. The maximum atomic E-state index is 13.3. The number of para-hydroxylation sites is 2. The molecule has 1 atom stereocenters. The summed E-state index contributed by atoms with van der Waals surface area (Å²) in [6.07, 6.45) is 2.75. The summed E-state index contributed by atoms with van der Waals surface area (Å²) in [5, 5.41) is 0.925. The number of rotatable bonds is 4. The van der Waals surface area contributed by atoms with Crippen LogP contribution in [0.2, 0.25) is 0 Å². The number of hydrogen-bond donors (Lipinski definition) is 0. The van der Waals surface area contributed by atoms with Crippen LogP contribution in [0.15, 0.2) is 69.4 Å². The van der Waals surface area contributed by atoms with Crippen LogP contribution in [-0.2, 0) is 17.6 Å². The van der Waals surface area contributed by atoms with Gasteiger partial charge in [0.15, 0.2) is 5.16 Å². The van der Waals surface area contributed by atoms with Gasteiger partial charge in [0, 0.05) is 23.9 Å². The zero-order chi connectivity index (χ0) is 21.4. The van der Waals surface area contributed by atoms with E-state index in [0.717, 1.165) is 47.8 Å². The fraction of sp³-hybridized carbons (Fsp3) is 0.292. The van der Waals surface area contributed by atoms with Gasteiger partial charge in [0.05, 0.1) is 22.0 Å². The van der Waals surface area contributed by atoms with E-state index in [0.29, 0.717) is 10.4 Å². The topological polar surface area (TPSA) is 55.2 Å². The van der Waals surface area contributed by atoms with E-state index < -0.39 is 0 Å². The highest BCUT2D eigenvalue weighted by atomic mass is 32.2. The Labute approximate surface area is 189 Å². The van der Waals surface area contributed by atoms with Gasteiger partial charge in [0.25, 0.3) is 5.56 Å². The summed E-state index contributed by atoms with van der Waals surface area (Å²) in [5.74, 6) is 0.295. The Morgan fingerprint density at radius 3 is 2.77 bits per heavy atom. The van der Waals surface area contributed by atoms with Crippen molar-refractivity contribution in [3.8, 4) is 5.69 Å². The van der Waals surface area contributed by atoms with Crippen LogP contribution in [-0.4, -0.2) is 33.0 Å². The van der Waals surface area contributed by atoms with Crippen molar-refractivity contribution < 1.29 is 4.79 Å². The number of benzene rings is 2. The van der Waals surface area contributed by atoms with Gasteiger partial charge >= 0.3 is 0 Å². The fourth-order valence-corrected chi connectivity index (χ4v) is 6.20. The van der Waals surface area contributed by atoms with Crippen molar-refractivity contribution in [1.29, 1.82) is 0 Å². The number of nitrogens with zero attached hydrogens (tertiary/aromatic N) is 3. The number of carbonyl (C=O) groups is 1. The zero-order valence-corrected chi connectivity index (χ0v) is 18.9. The second-order valence-electron chi connectivity index (χ2n) is 7.85. The molecule has 1 amide bonds. The molecule has 7 heteroatoms. The molecule has 0 saturated heterocycles. The van der Waals surface area contributed by atoms with E-state index in [2.05, 4.69) is 13.0 Å². The van der Waals surface area contributed by atoms with Gasteiger partial charge in [0.1, 0.15) is 0 Å². The maximum absolute atomic E-state index is 13.3. The number of fused-ring (bicyclic) bond motifs is 2. The summed E-state index contributed by atoms with van der Waals surface area (Å²) in [7, 11) is 0. The van der Waals surface area contributed by atoms with Gasteiger partial charge < -0.3 is 4.90 Å². The summed E-state index contributed by atoms with van der Waals surface area (Å²) < 4.78 is 1.66. The predicted molar refractivity (Wildman–Crippen MR) is 127 cm³/mol. The van der Waals surface area contributed by atoms with Crippen LogP contribution >= 0.6 is 23.5 Å². The molecule has 0 fully saturated rings. The Bertz CT molecular complexity index is 1190. The van der Waals surface area contributed by atoms with Crippen LogP contribution in [0.3, 0.4) is 0 Å². The van der Waals surface area contributed by atoms with Crippen LogP contribution in [0.25, 0.3) is 5.69 Å². The van der Waals surface area contributed by atoms with Crippen LogP contribution in [0, 0.1) is 0 Å². The second kappa shape index (κ2) is 8.55. The SMILES string of the molecule is C[C@@H]1Cc2nc(SCC(=O)N3CCCc4ccccc43)n(-c3ccccc3)c(=O)c2S1. The Morgan fingerprint density at radius 2 is 1.94 bits per heavy atom. The number of aromatic nitrogens is 2. The molecule has 2 aliphatic rings. The molecule has 3 heterocycles. The highest BCUT2D eigenvalue weighted by Crippen LogP contribution is 2.35. The largest absolute Gasteiger partial charge is 0.311 e. The molecular weight excluding hydrogens is 426 g/mol. The standard InChI is InChI=1S/C24H23N3O2S2/c1-16-14-19-22(31-16)23(29)27(18-10-3-2-4-11-18)24(25-19)30-15-21(28)26-13-7-9-17-8-5-6-12-20(17)26/h2-6,8,10-12,16H,7,9,13-15H2,1H3/t16-/m1/s1. The van der Waals surface area contributed by atoms with E-state index in [1.54, 1.807) is 16.3 Å². The van der Waals surface area contributed by atoms with Gasteiger partial charge in [-0.15, -0.1) is 11.8 Å². The highest BCUT2D eigenvalue weighted by molar-refractivity contribution is 8.00. The monoisotopic (exact) mass is 449 g/mol. The molecule has 0 N–H and O–H groups in total. The molecule has 1 aromatic heterocycles. The average molecular weight is 450 g/mol. The van der Waals surface area contributed by atoms with E-state index >= 15 is 0 Å². The Balaban J connectivity index is 1.46. The van der Waals surface area contributed by atoms with E-state index in [4.69, 9.17) is 4.98 Å². The molecule has 0 bridgehead atoms. The first-order chi connectivity index (χ1) is 15.1. The minimum Gasteiger partial charge on any atom is -0.311 e. The molecule has 0 spiro atoms. The van der Waals surface area contributed by atoms with E-state index in [-0.39, 0.29) is 17.2 Å². The molecule has 5 nitrogen and oxygen atoms in total. The predicted octanol–water partition coefficient (Wildman–Crippen LogP) is 4.34. The normalized spacial score (nSPS) is 17.3. The number of thioether (sulfide) groups is 2. The Hall–Kier alpha value is -2.51. The summed E-state index contributed by atoms with van der Waals surface area (Å²) in [4.78, 5) is 33.9. The average Bonchev–Trinajstić information content (AvgIpc) is 3.18. The second-order valence-corrected chi connectivity index (χ2v) is 10.2. The van der Waals surface area contributed by atoms with Crippen molar-refractivity contribution in [1.82, 2.24) is 9.55 Å². The van der Waals surface area contributed by atoms with Crippen molar-refractivity contribution in [2.45, 2.75) is 41.5 Å². The number of hydrogen-bond acceptors (Lipinski definition) is 5. The van der Waals surface area contributed by atoms with E-state index in [1.807, 2.05) is 53.4 Å². The van der Waals surface area contributed by atoms with Gasteiger partial charge in [-0.3, -0.25) is 14.2 Å². The highest BCUT2D eigenvalue weighted by Gasteiger charge is 2.28. The number of aryl methyl sites for hydroxylation is 1. The molecule has 3 aromatic rings. The zero-order valence-electron chi connectivity index (χ0n) is 17.3. The minimum absolute atomic E-state index is 0.0381. The molecule has 2 aliphatic heterocycles. The fourth-order valence-electron chi connectivity index (χ4n) is 4.20. The lowest BCUT2D eigenvalue weighted by Gasteiger charge is -2.29. The summed E-state index contributed by atoms with van der Waals surface area (Å²) in [6.45, 7) is 2.84. The Morgan fingerprint density at radius 1 is 1.16 bits per heavy atom. The van der Waals surface area contributed by atoms with E-state index in [1.165, 1.54) is 17.3 Å². The molecule has 0 radical (unpaired) electrons. The smallest absolute Gasteiger partial charge is 0.272 e. The van der Waals surface area contributed by atoms with Crippen LogP contribution in [0.1, 0.15) is 24.6 Å². The number of carbonyl (C=O) groups excluding carboxylic acids is 1. The van der Waals surface area contributed by atoms with Gasteiger partial charge in [-0.05, 0) is 36.6 Å². The van der Waals surface area contributed by atoms with Gasteiger partial charge in [-0.1, -0.05) is 55.1 Å². The summed E-state index contributed by atoms with van der Waals surface area (Å²) in [5.41, 5.74) is 3.82. The lowest BCUT2D eigenvalue weighted by atomic mass is 10.0. The van der Waals surface area contributed by atoms with Crippen LogP contribution in [0.4, 0.5) is 5.69 Å². The Kier molecular flexibility index (Phi) is 5.63.